The number of nitrogens with one attached hydrogen (secondary N) is 1. The van der Waals surface area contributed by atoms with Crippen molar-refractivity contribution in [2.45, 2.75) is 26.5 Å². The first-order valence-corrected chi connectivity index (χ1v) is 7.05. The molecule has 0 saturated heterocycles. The van der Waals surface area contributed by atoms with Gasteiger partial charge in [-0.05, 0) is 48.0 Å². The van der Waals surface area contributed by atoms with Crippen molar-refractivity contribution in [3.63, 3.8) is 0 Å². The van der Waals surface area contributed by atoms with Crippen molar-refractivity contribution in [2.75, 3.05) is 5.32 Å². The molecule has 19 heavy (non-hydrogen) atoms. The third kappa shape index (κ3) is 3.96. The number of anilines is 1. The molecule has 1 heterocycles. The third-order valence-electron chi connectivity index (χ3n) is 2.56. The van der Waals surface area contributed by atoms with Gasteiger partial charge in [0.1, 0.15) is 10.4 Å². The number of halogens is 1. The second kappa shape index (κ2) is 6.57. The molecule has 0 fully saturated rings. The summed E-state index contributed by atoms with van der Waals surface area (Å²) >= 11 is 3.42. The van der Waals surface area contributed by atoms with Gasteiger partial charge in [-0.3, -0.25) is 0 Å². The smallest absolute Gasteiger partial charge is 0.129 e. The van der Waals surface area contributed by atoms with E-state index >= 15 is 0 Å². The SMILES string of the molecule is CC(C)Oc1ccccc1CNc1cccnc1Br. The van der Waals surface area contributed by atoms with Gasteiger partial charge in [-0.2, -0.15) is 0 Å². The van der Waals surface area contributed by atoms with Gasteiger partial charge in [0.15, 0.2) is 0 Å². The Balaban J connectivity index is 2.09. The van der Waals surface area contributed by atoms with Gasteiger partial charge < -0.3 is 10.1 Å². The van der Waals surface area contributed by atoms with E-state index in [1.165, 1.54) is 0 Å². The zero-order valence-corrected chi connectivity index (χ0v) is 12.6. The van der Waals surface area contributed by atoms with E-state index in [0.29, 0.717) is 6.54 Å². The molecule has 0 spiro atoms. The zero-order valence-electron chi connectivity index (χ0n) is 11.1. The van der Waals surface area contributed by atoms with Gasteiger partial charge in [0.2, 0.25) is 0 Å². The topological polar surface area (TPSA) is 34.1 Å². The van der Waals surface area contributed by atoms with E-state index in [2.05, 4.69) is 32.3 Å². The van der Waals surface area contributed by atoms with Crippen LogP contribution in [0.4, 0.5) is 5.69 Å². The molecule has 0 aliphatic rings. The Bertz CT molecular complexity index is 543. The Morgan fingerprint density at radius 1 is 1.21 bits per heavy atom. The Kier molecular flexibility index (Phi) is 4.80. The fourth-order valence-corrected chi connectivity index (χ4v) is 2.12. The maximum Gasteiger partial charge on any atom is 0.129 e. The monoisotopic (exact) mass is 320 g/mol. The van der Waals surface area contributed by atoms with Gasteiger partial charge in [0.05, 0.1) is 11.8 Å². The van der Waals surface area contributed by atoms with Crippen molar-refractivity contribution >= 4 is 21.6 Å². The zero-order chi connectivity index (χ0) is 13.7. The molecule has 2 rings (SSSR count). The number of nitrogens with zero attached hydrogens (tertiary/aromatic N) is 1. The number of aromatic nitrogens is 1. The van der Waals surface area contributed by atoms with E-state index in [-0.39, 0.29) is 6.10 Å². The summed E-state index contributed by atoms with van der Waals surface area (Å²) in [5.41, 5.74) is 2.11. The molecule has 1 aromatic carbocycles. The minimum atomic E-state index is 0.172. The Hall–Kier alpha value is -1.55. The average molecular weight is 321 g/mol. The largest absolute Gasteiger partial charge is 0.491 e. The van der Waals surface area contributed by atoms with Crippen LogP contribution in [0.25, 0.3) is 0 Å². The molecule has 0 aliphatic heterocycles. The summed E-state index contributed by atoms with van der Waals surface area (Å²) in [4.78, 5) is 4.19. The van der Waals surface area contributed by atoms with Gasteiger partial charge >= 0.3 is 0 Å². The number of pyridine rings is 1. The van der Waals surface area contributed by atoms with Crippen LogP contribution in [-0.2, 0) is 6.54 Å². The summed E-state index contributed by atoms with van der Waals surface area (Å²) in [6, 6.07) is 12.0. The van der Waals surface area contributed by atoms with Gasteiger partial charge in [-0.25, -0.2) is 4.98 Å². The van der Waals surface area contributed by atoms with Gasteiger partial charge in [0.25, 0.3) is 0 Å². The molecule has 0 bridgehead atoms. The van der Waals surface area contributed by atoms with E-state index in [9.17, 15) is 0 Å². The third-order valence-corrected chi connectivity index (χ3v) is 3.20. The second-order valence-corrected chi connectivity index (χ2v) is 5.22. The highest BCUT2D eigenvalue weighted by Gasteiger charge is 2.06. The Morgan fingerprint density at radius 2 is 2.00 bits per heavy atom. The van der Waals surface area contributed by atoms with Gasteiger partial charge in [-0.1, -0.05) is 18.2 Å². The number of rotatable bonds is 5. The highest BCUT2D eigenvalue weighted by atomic mass is 79.9. The molecule has 1 aromatic heterocycles. The molecule has 3 nitrogen and oxygen atoms in total. The lowest BCUT2D eigenvalue weighted by Gasteiger charge is -2.15. The number of hydrogen-bond donors (Lipinski definition) is 1. The summed E-state index contributed by atoms with van der Waals surface area (Å²) in [6.45, 7) is 4.76. The number of benzene rings is 1. The lowest BCUT2D eigenvalue weighted by molar-refractivity contribution is 0.240. The van der Waals surface area contributed by atoms with E-state index < -0.39 is 0 Å². The maximum atomic E-state index is 5.80. The molecule has 4 heteroatoms. The van der Waals surface area contributed by atoms with Gasteiger partial charge in [-0.15, -0.1) is 0 Å². The molecule has 2 aromatic rings. The summed E-state index contributed by atoms with van der Waals surface area (Å²) in [5.74, 6) is 0.921. The lowest BCUT2D eigenvalue weighted by atomic mass is 10.2. The molecule has 100 valence electrons. The maximum absolute atomic E-state index is 5.80. The molecular formula is C15H17BrN2O. The van der Waals surface area contributed by atoms with Crippen LogP contribution in [0.3, 0.4) is 0 Å². The van der Waals surface area contributed by atoms with Crippen LogP contribution in [0.15, 0.2) is 47.2 Å². The summed E-state index contributed by atoms with van der Waals surface area (Å²) in [5, 5.41) is 3.35. The minimum absolute atomic E-state index is 0.172. The average Bonchev–Trinajstić information content (AvgIpc) is 2.39. The number of para-hydroxylation sites is 1. The second-order valence-electron chi connectivity index (χ2n) is 4.47. The molecule has 0 saturated carbocycles. The highest BCUT2D eigenvalue weighted by Crippen LogP contribution is 2.23. The molecule has 0 aliphatic carbocycles. The van der Waals surface area contributed by atoms with Crippen molar-refractivity contribution in [1.29, 1.82) is 0 Å². The van der Waals surface area contributed by atoms with Crippen molar-refractivity contribution < 1.29 is 4.74 Å². The standard InChI is InChI=1S/C15H17BrN2O/c1-11(2)19-14-8-4-3-6-12(14)10-18-13-7-5-9-17-15(13)16/h3-9,11,18H,10H2,1-2H3. The van der Waals surface area contributed by atoms with Gasteiger partial charge in [0, 0.05) is 18.3 Å². The highest BCUT2D eigenvalue weighted by molar-refractivity contribution is 9.10. The molecule has 0 unspecified atom stereocenters. The number of ether oxygens (including phenoxy) is 1. The lowest BCUT2D eigenvalue weighted by Crippen LogP contribution is -2.09. The first kappa shape index (κ1) is 13.9. The molecule has 1 N–H and O–H groups in total. The summed E-state index contributed by atoms with van der Waals surface area (Å²) in [7, 11) is 0. The van der Waals surface area contributed by atoms with Crippen molar-refractivity contribution in [3.8, 4) is 5.75 Å². The first-order chi connectivity index (χ1) is 9.16. The van der Waals surface area contributed by atoms with Crippen LogP contribution in [0.1, 0.15) is 19.4 Å². The molecule has 0 amide bonds. The minimum Gasteiger partial charge on any atom is -0.491 e. The molecule has 0 atom stereocenters. The molecule has 0 radical (unpaired) electrons. The normalized spacial score (nSPS) is 10.5. The van der Waals surface area contributed by atoms with Crippen LogP contribution in [0.5, 0.6) is 5.75 Å². The van der Waals surface area contributed by atoms with Crippen molar-refractivity contribution in [3.05, 3.63) is 52.8 Å². The van der Waals surface area contributed by atoms with Crippen molar-refractivity contribution in [1.82, 2.24) is 4.98 Å². The first-order valence-electron chi connectivity index (χ1n) is 6.26. The van der Waals surface area contributed by atoms with E-state index in [1.807, 2.05) is 44.2 Å². The Morgan fingerprint density at radius 3 is 2.74 bits per heavy atom. The van der Waals surface area contributed by atoms with E-state index in [0.717, 1.165) is 21.6 Å². The van der Waals surface area contributed by atoms with Crippen LogP contribution >= 0.6 is 15.9 Å². The quantitative estimate of drug-likeness (QED) is 0.836. The Labute approximate surface area is 122 Å². The fraction of sp³-hybridized carbons (Fsp3) is 0.267. The number of hydrogen-bond acceptors (Lipinski definition) is 3. The summed E-state index contributed by atoms with van der Waals surface area (Å²) < 4.78 is 6.61. The van der Waals surface area contributed by atoms with Crippen LogP contribution in [-0.4, -0.2) is 11.1 Å². The van der Waals surface area contributed by atoms with E-state index in [1.54, 1.807) is 6.20 Å². The van der Waals surface area contributed by atoms with Crippen LogP contribution in [0.2, 0.25) is 0 Å². The predicted molar refractivity (Wildman–Crippen MR) is 81.5 cm³/mol. The summed E-state index contributed by atoms with van der Waals surface area (Å²) in [6.07, 6.45) is 1.93. The van der Waals surface area contributed by atoms with Crippen molar-refractivity contribution in [2.24, 2.45) is 0 Å². The fourth-order valence-electron chi connectivity index (χ4n) is 1.73. The van der Waals surface area contributed by atoms with E-state index in [4.69, 9.17) is 4.74 Å². The van der Waals surface area contributed by atoms with Crippen LogP contribution in [0, 0.1) is 0 Å². The van der Waals surface area contributed by atoms with Crippen LogP contribution < -0.4 is 10.1 Å². The molecular weight excluding hydrogens is 304 g/mol. The predicted octanol–water partition coefficient (Wildman–Crippen LogP) is 4.24.